The fourth-order valence-corrected chi connectivity index (χ4v) is 5.82. The highest BCUT2D eigenvalue weighted by Crippen LogP contribution is 2.29. The van der Waals surface area contributed by atoms with Crippen molar-refractivity contribution in [3.05, 3.63) is 23.8 Å². The van der Waals surface area contributed by atoms with Gasteiger partial charge in [0.05, 0.1) is 18.1 Å². The number of amides is 1. The lowest BCUT2D eigenvalue weighted by atomic mass is 9.99. The van der Waals surface area contributed by atoms with E-state index in [0.29, 0.717) is 36.7 Å². The summed E-state index contributed by atoms with van der Waals surface area (Å²) in [6.07, 6.45) is 2.96. The van der Waals surface area contributed by atoms with Crippen LogP contribution in [0.5, 0.6) is 0 Å². The van der Waals surface area contributed by atoms with E-state index in [1.54, 1.807) is 22.5 Å². The first-order valence-electron chi connectivity index (χ1n) is 9.75. The van der Waals surface area contributed by atoms with Crippen molar-refractivity contribution in [3.63, 3.8) is 0 Å². The molecule has 1 aromatic rings. The quantitative estimate of drug-likeness (QED) is 0.834. The molecule has 27 heavy (non-hydrogen) atoms. The lowest BCUT2D eigenvalue weighted by Crippen LogP contribution is -2.46. The average Bonchev–Trinajstić information content (AvgIpc) is 2.68. The third-order valence-electron chi connectivity index (χ3n) is 5.71. The molecule has 8 heteroatoms. The second-order valence-corrected chi connectivity index (χ2v) is 9.59. The first-order valence-corrected chi connectivity index (χ1v) is 11.2. The van der Waals surface area contributed by atoms with E-state index in [1.807, 2.05) is 0 Å². The monoisotopic (exact) mass is 393 g/mol. The topological polar surface area (TPSA) is 79.0 Å². The number of anilines is 1. The molecule has 148 valence electrons. The van der Waals surface area contributed by atoms with Gasteiger partial charge in [0.2, 0.25) is 15.9 Å². The van der Waals surface area contributed by atoms with E-state index in [2.05, 4.69) is 10.2 Å². The van der Waals surface area contributed by atoms with Crippen LogP contribution in [-0.4, -0.2) is 69.5 Å². The largest absolute Gasteiger partial charge is 0.379 e. The number of carbonyl (C=O) groups is 1. The van der Waals surface area contributed by atoms with Crippen molar-refractivity contribution >= 4 is 21.6 Å². The van der Waals surface area contributed by atoms with Crippen molar-refractivity contribution in [2.24, 2.45) is 5.92 Å². The number of hydrogen-bond donors (Lipinski definition) is 1. The first kappa shape index (κ1) is 18.9. The number of aryl methyl sites for hydroxylation is 1. The van der Waals surface area contributed by atoms with E-state index in [0.717, 1.165) is 56.9 Å². The lowest BCUT2D eigenvalue weighted by molar-refractivity contribution is -0.116. The number of nitrogens with zero attached hydrogens (tertiary/aromatic N) is 2. The van der Waals surface area contributed by atoms with Gasteiger partial charge in [0.15, 0.2) is 0 Å². The number of nitrogens with one attached hydrogen (secondary N) is 1. The summed E-state index contributed by atoms with van der Waals surface area (Å²) in [5.74, 6) is 0.351. The third-order valence-corrected chi connectivity index (χ3v) is 7.57. The third kappa shape index (κ3) is 4.18. The van der Waals surface area contributed by atoms with Crippen molar-refractivity contribution in [2.45, 2.75) is 30.6 Å². The fourth-order valence-electron chi connectivity index (χ4n) is 4.21. The van der Waals surface area contributed by atoms with E-state index in [9.17, 15) is 13.2 Å². The maximum Gasteiger partial charge on any atom is 0.243 e. The van der Waals surface area contributed by atoms with Crippen LogP contribution in [0.15, 0.2) is 23.1 Å². The van der Waals surface area contributed by atoms with Gasteiger partial charge in [0, 0.05) is 44.8 Å². The Morgan fingerprint density at radius 1 is 1.15 bits per heavy atom. The van der Waals surface area contributed by atoms with Crippen LogP contribution >= 0.6 is 0 Å². The van der Waals surface area contributed by atoms with Gasteiger partial charge in [-0.2, -0.15) is 4.31 Å². The molecule has 4 rings (SSSR count). The molecule has 0 spiro atoms. The molecule has 1 aromatic carbocycles. The van der Waals surface area contributed by atoms with Gasteiger partial charge in [-0.15, -0.1) is 0 Å². The van der Waals surface area contributed by atoms with E-state index in [-0.39, 0.29) is 5.91 Å². The standard InChI is InChI=1S/C19H27N3O4S/c23-19-6-3-16-12-17(4-5-18(16)20-19)27(24,25)22-7-1-2-15(14-22)13-21-8-10-26-11-9-21/h4-5,12,15H,1-3,6-11,13-14H2,(H,20,23)/t15-/m0/s1. The summed E-state index contributed by atoms with van der Waals surface area (Å²) < 4.78 is 33.4. The van der Waals surface area contributed by atoms with Gasteiger partial charge < -0.3 is 10.1 Å². The summed E-state index contributed by atoms with van der Waals surface area (Å²) in [6, 6.07) is 5.06. The van der Waals surface area contributed by atoms with Crippen LogP contribution in [0, 0.1) is 5.92 Å². The summed E-state index contributed by atoms with van der Waals surface area (Å²) >= 11 is 0. The first-order chi connectivity index (χ1) is 13.0. The zero-order valence-electron chi connectivity index (χ0n) is 15.5. The van der Waals surface area contributed by atoms with Crippen molar-refractivity contribution in [2.75, 3.05) is 51.3 Å². The Morgan fingerprint density at radius 2 is 1.96 bits per heavy atom. The number of hydrogen-bond acceptors (Lipinski definition) is 5. The lowest BCUT2D eigenvalue weighted by Gasteiger charge is -2.36. The second kappa shape index (κ2) is 7.87. The minimum atomic E-state index is -3.51. The number of benzene rings is 1. The van der Waals surface area contributed by atoms with E-state index >= 15 is 0 Å². The van der Waals surface area contributed by atoms with E-state index < -0.39 is 10.0 Å². The zero-order chi connectivity index (χ0) is 18.9. The van der Waals surface area contributed by atoms with Gasteiger partial charge in [-0.25, -0.2) is 8.42 Å². The highest BCUT2D eigenvalue weighted by molar-refractivity contribution is 7.89. The Morgan fingerprint density at radius 3 is 2.78 bits per heavy atom. The molecule has 7 nitrogen and oxygen atoms in total. The molecule has 0 unspecified atom stereocenters. The van der Waals surface area contributed by atoms with Crippen LogP contribution < -0.4 is 5.32 Å². The predicted octanol–water partition coefficient (Wildman–Crippen LogP) is 1.30. The molecule has 1 amide bonds. The molecule has 1 atom stereocenters. The summed E-state index contributed by atoms with van der Waals surface area (Å²) in [5, 5.41) is 2.81. The van der Waals surface area contributed by atoms with Gasteiger partial charge in [-0.05, 0) is 48.9 Å². The highest BCUT2D eigenvalue weighted by Gasteiger charge is 2.32. The second-order valence-electron chi connectivity index (χ2n) is 7.65. The molecule has 3 heterocycles. The molecule has 0 aromatic heterocycles. The molecule has 3 aliphatic heterocycles. The van der Waals surface area contributed by atoms with Crippen LogP contribution in [-0.2, 0) is 26.0 Å². The Bertz CT molecular complexity index is 805. The highest BCUT2D eigenvalue weighted by atomic mass is 32.2. The molecule has 3 aliphatic rings. The Kier molecular flexibility index (Phi) is 5.50. The zero-order valence-corrected chi connectivity index (χ0v) is 16.3. The molecule has 0 saturated carbocycles. The summed E-state index contributed by atoms with van der Waals surface area (Å²) in [7, 11) is -3.51. The number of carbonyl (C=O) groups excluding carboxylic acids is 1. The number of sulfonamides is 1. The predicted molar refractivity (Wildman–Crippen MR) is 102 cm³/mol. The molecule has 1 N–H and O–H groups in total. The minimum Gasteiger partial charge on any atom is -0.379 e. The summed E-state index contributed by atoms with van der Waals surface area (Å²) in [4.78, 5) is 14.2. The van der Waals surface area contributed by atoms with Crippen LogP contribution in [0.1, 0.15) is 24.8 Å². The van der Waals surface area contributed by atoms with Crippen LogP contribution in [0.25, 0.3) is 0 Å². The Hall–Kier alpha value is -1.48. The van der Waals surface area contributed by atoms with E-state index in [4.69, 9.17) is 4.74 Å². The molecule has 0 aliphatic carbocycles. The molecular weight excluding hydrogens is 366 g/mol. The smallest absolute Gasteiger partial charge is 0.243 e. The Labute approximate surface area is 160 Å². The maximum absolute atomic E-state index is 13.2. The van der Waals surface area contributed by atoms with Gasteiger partial charge in [-0.1, -0.05) is 0 Å². The van der Waals surface area contributed by atoms with E-state index in [1.165, 1.54) is 0 Å². The van der Waals surface area contributed by atoms with Crippen LogP contribution in [0.3, 0.4) is 0 Å². The minimum absolute atomic E-state index is 0.0138. The molecule has 0 bridgehead atoms. The van der Waals surface area contributed by atoms with Crippen LogP contribution in [0.4, 0.5) is 5.69 Å². The Balaban J connectivity index is 1.47. The number of rotatable bonds is 4. The molecular formula is C19H27N3O4S. The summed E-state index contributed by atoms with van der Waals surface area (Å²) in [5.41, 5.74) is 1.63. The molecule has 2 saturated heterocycles. The SMILES string of the molecule is O=C1CCc2cc(S(=O)(=O)N3CCC[C@@H](CN4CCOCC4)C3)ccc2N1. The fraction of sp³-hybridized carbons (Fsp3) is 0.632. The number of ether oxygens (including phenoxy) is 1. The average molecular weight is 394 g/mol. The van der Waals surface area contributed by atoms with Crippen molar-refractivity contribution < 1.29 is 17.9 Å². The normalized spacial score (nSPS) is 25.0. The molecule has 0 radical (unpaired) electrons. The van der Waals surface area contributed by atoms with Crippen molar-refractivity contribution in [1.82, 2.24) is 9.21 Å². The summed E-state index contributed by atoms with van der Waals surface area (Å²) in [6.45, 7) is 5.48. The number of morpholine rings is 1. The number of piperidine rings is 1. The van der Waals surface area contributed by atoms with Gasteiger partial charge in [0.1, 0.15) is 0 Å². The van der Waals surface area contributed by atoms with Gasteiger partial charge in [-0.3, -0.25) is 9.69 Å². The maximum atomic E-state index is 13.2. The van der Waals surface area contributed by atoms with Crippen molar-refractivity contribution in [1.29, 1.82) is 0 Å². The van der Waals surface area contributed by atoms with Crippen molar-refractivity contribution in [3.8, 4) is 0 Å². The van der Waals surface area contributed by atoms with Crippen LogP contribution in [0.2, 0.25) is 0 Å². The van der Waals surface area contributed by atoms with Gasteiger partial charge >= 0.3 is 0 Å². The molecule has 2 fully saturated rings. The number of fused-ring (bicyclic) bond motifs is 1. The van der Waals surface area contributed by atoms with Gasteiger partial charge in [0.25, 0.3) is 0 Å².